The Hall–Kier alpha value is -0.0400. The van der Waals surface area contributed by atoms with Gasteiger partial charge in [0.15, 0.2) is 0 Å². The van der Waals surface area contributed by atoms with Crippen molar-refractivity contribution in [2.24, 2.45) is 0 Å². The molecule has 0 aromatic heterocycles. The maximum atomic E-state index is 3.56. The van der Waals surface area contributed by atoms with Gasteiger partial charge in [0.25, 0.3) is 0 Å². The predicted molar refractivity (Wildman–Crippen MR) is 56.5 cm³/mol. The Labute approximate surface area is 77.9 Å². The standard InChI is InChI=1S/C9H19N.C2H6/c1-3-10-9(2)7-5-4-6-8-9;1-2/h10H,3-8H2,1-2H3;1-2H3. The molecule has 12 heavy (non-hydrogen) atoms. The molecule has 1 nitrogen and oxygen atoms in total. The monoisotopic (exact) mass is 171 g/mol. The second kappa shape index (κ2) is 6.47. The minimum atomic E-state index is 0.479. The van der Waals surface area contributed by atoms with E-state index in [0.29, 0.717) is 5.54 Å². The molecule has 0 amide bonds. The van der Waals surface area contributed by atoms with E-state index in [1.807, 2.05) is 13.8 Å². The van der Waals surface area contributed by atoms with Gasteiger partial charge in [-0.15, -0.1) is 0 Å². The zero-order valence-corrected chi connectivity index (χ0v) is 9.24. The fourth-order valence-electron chi connectivity index (χ4n) is 1.94. The van der Waals surface area contributed by atoms with Crippen LogP contribution in [0.2, 0.25) is 0 Å². The van der Waals surface area contributed by atoms with E-state index in [0.717, 1.165) is 6.54 Å². The Morgan fingerprint density at radius 1 is 1.08 bits per heavy atom. The molecule has 1 N–H and O–H groups in total. The van der Waals surface area contributed by atoms with Crippen molar-refractivity contribution in [3.8, 4) is 0 Å². The van der Waals surface area contributed by atoms with Crippen LogP contribution in [0.5, 0.6) is 0 Å². The highest BCUT2D eigenvalue weighted by atomic mass is 15.0. The Morgan fingerprint density at radius 2 is 1.58 bits per heavy atom. The SMILES string of the molecule is CC.CCNC1(C)CCCCC1. The molecule has 0 unspecified atom stereocenters. The van der Waals surface area contributed by atoms with E-state index in [1.165, 1.54) is 32.1 Å². The van der Waals surface area contributed by atoms with E-state index in [-0.39, 0.29) is 0 Å². The maximum absolute atomic E-state index is 3.56. The van der Waals surface area contributed by atoms with Crippen molar-refractivity contribution in [1.82, 2.24) is 5.32 Å². The van der Waals surface area contributed by atoms with E-state index >= 15 is 0 Å². The van der Waals surface area contributed by atoms with Crippen LogP contribution in [-0.2, 0) is 0 Å². The van der Waals surface area contributed by atoms with Gasteiger partial charge >= 0.3 is 0 Å². The zero-order chi connectivity index (χ0) is 9.45. The molecule has 0 aromatic rings. The molecule has 0 spiro atoms. The lowest BCUT2D eigenvalue weighted by atomic mass is 9.83. The van der Waals surface area contributed by atoms with Crippen LogP contribution in [-0.4, -0.2) is 12.1 Å². The average Bonchev–Trinajstić information content (AvgIpc) is 2.09. The lowest BCUT2D eigenvalue weighted by molar-refractivity contribution is 0.259. The van der Waals surface area contributed by atoms with Gasteiger partial charge in [0.05, 0.1) is 0 Å². The van der Waals surface area contributed by atoms with Crippen LogP contribution in [0, 0.1) is 0 Å². The molecule has 74 valence electrons. The van der Waals surface area contributed by atoms with Gasteiger partial charge < -0.3 is 5.32 Å². The third kappa shape index (κ3) is 4.10. The first-order chi connectivity index (χ1) is 5.77. The molecule has 0 heterocycles. The Bertz CT molecular complexity index is 87.7. The molecule has 1 saturated carbocycles. The molecule has 0 bridgehead atoms. The maximum Gasteiger partial charge on any atom is 0.0153 e. The van der Waals surface area contributed by atoms with Gasteiger partial charge in [0.1, 0.15) is 0 Å². The van der Waals surface area contributed by atoms with Gasteiger partial charge in [-0.1, -0.05) is 40.0 Å². The summed E-state index contributed by atoms with van der Waals surface area (Å²) >= 11 is 0. The summed E-state index contributed by atoms with van der Waals surface area (Å²) in [4.78, 5) is 0. The van der Waals surface area contributed by atoms with Crippen LogP contribution < -0.4 is 5.32 Å². The number of rotatable bonds is 2. The summed E-state index contributed by atoms with van der Waals surface area (Å²) in [5, 5.41) is 3.56. The van der Waals surface area contributed by atoms with Crippen LogP contribution in [0.15, 0.2) is 0 Å². The minimum absolute atomic E-state index is 0.479. The van der Waals surface area contributed by atoms with Crippen molar-refractivity contribution in [2.75, 3.05) is 6.54 Å². The molecule has 0 saturated heterocycles. The molecule has 1 fully saturated rings. The van der Waals surface area contributed by atoms with E-state index < -0.39 is 0 Å². The summed E-state index contributed by atoms with van der Waals surface area (Å²) in [5.74, 6) is 0. The van der Waals surface area contributed by atoms with Crippen LogP contribution in [0.1, 0.15) is 59.8 Å². The summed E-state index contributed by atoms with van der Waals surface area (Å²) in [7, 11) is 0. The summed E-state index contributed by atoms with van der Waals surface area (Å²) in [6, 6.07) is 0. The Kier molecular flexibility index (Phi) is 6.45. The van der Waals surface area contributed by atoms with E-state index in [9.17, 15) is 0 Å². The highest BCUT2D eigenvalue weighted by Crippen LogP contribution is 2.26. The molecule has 0 aromatic carbocycles. The molecule has 1 heteroatoms. The van der Waals surface area contributed by atoms with Gasteiger partial charge in [0, 0.05) is 5.54 Å². The predicted octanol–water partition coefficient (Wildman–Crippen LogP) is 3.34. The first kappa shape index (κ1) is 12.0. The van der Waals surface area contributed by atoms with Crippen LogP contribution >= 0.6 is 0 Å². The number of nitrogens with one attached hydrogen (secondary N) is 1. The number of hydrogen-bond donors (Lipinski definition) is 1. The van der Waals surface area contributed by atoms with Crippen molar-refractivity contribution < 1.29 is 0 Å². The molecule has 0 aliphatic heterocycles. The van der Waals surface area contributed by atoms with Crippen molar-refractivity contribution in [3.63, 3.8) is 0 Å². The summed E-state index contributed by atoms with van der Waals surface area (Å²) in [6.07, 6.45) is 7.04. The summed E-state index contributed by atoms with van der Waals surface area (Å²) in [6.45, 7) is 9.67. The van der Waals surface area contributed by atoms with E-state index in [2.05, 4.69) is 19.2 Å². The largest absolute Gasteiger partial charge is 0.312 e. The molecule has 0 atom stereocenters. The normalized spacial score (nSPS) is 21.0. The molecular weight excluding hydrogens is 146 g/mol. The fourth-order valence-corrected chi connectivity index (χ4v) is 1.94. The van der Waals surface area contributed by atoms with Gasteiger partial charge in [-0.25, -0.2) is 0 Å². The summed E-state index contributed by atoms with van der Waals surface area (Å²) < 4.78 is 0. The van der Waals surface area contributed by atoms with Crippen molar-refractivity contribution in [2.45, 2.75) is 65.3 Å². The Morgan fingerprint density at radius 3 is 2.00 bits per heavy atom. The first-order valence-corrected chi connectivity index (χ1v) is 5.52. The van der Waals surface area contributed by atoms with Crippen molar-refractivity contribution in [3.05, 3.63) is 0 Å². The van der Waals surface area contributed by atoms with E-state index in [4.69, 9.17) is 0 Å². The van der Waals surface area contributed by atoms with Gasteiger partial charge in [0.2, 0.25) is 0 Å². The fraction of sp³-hybridized carbons (Fsp3) is 1.00. The molecule has 1 aliphatic rings. The second-order valence-corrected chi connectivity index (χ2v) is 3.65. The summed E-state index contributed by atoms with van der Waals surface area (Å²) in [5.41, 5.74) is 0.479. The average molecular weight is 171 g/mol. The Balaban J connectivity index is 0.000000561. The molecule has 1 aliphatic carbocycles. The van der Waals surface area contributed by atoms with Gasteiger partial charge in [-0.2, -0.15) is 0 Å². The first-order valence-electron chi connectivity index (χ1n) is 5.52. The van der Waals surface area contributed by atoms with Crippen LogP contribution in [0.25, 0.3) is 0 Å². The topological polar surface area (TPSA) is 12.0 Å². The third-order valence-corrected chi connectivity index (χ3v) is 2.56. The van der Waals surface area contributed by atoms with Crippen LogP contribution in [0.4, 0.5) is 0 Å². The van der Waals surface area contributed by atoms with Crippen molar-refractivity contribution >= 4 is 0 Å². The molecule has 1 rings (SSSR count). The smallest absolute Gasteiger partial charge is 0.0153 e. The lowest BCUT2D eigenvalue weighted by Crippen LogP contribution is -2.43. The second-order valence-electron chi connectivity index (χ2n) is 3.65. The van der Waals surface area contributed by atoms with Crippen molar-refractivity contribution in [1.29, 1.82) is 0 Å². The quantitative estimate of drug-likeness (QED) is 0.672. The highest BCUT2D eigenvalue weighted by Gasteiger charge is 2.24. The lowest BCUT2D eigenvalue weighted by Gasteiger charge is -2.34. The third-order valence-electron chi connectivity index (χ3n) is 2.56. The minimum Gasteiger partial charge on any atom is -0.312 e. The highest BCUT2D eigenvalue weighted by molar-refractivity contribution is 4.85. The van der Waals surface area contributed by atoms with Crippen LogP contribution in [0.3, 0.4) is 0 Å². The molecule has 0 radical (unpaired) electrons. The zero-order valence-electron chi connectivity index (χ0n) is 9.24. The van der Waals surface area contributed by atoms with E-state index in [1.54, 1.807) is 0 Å². The van der Waals surface area contributed by atoms with Gasteiger partial charge in [-0.3, -0.25) is 0 Å². The molecular formula is C11H25N. The van der Waals surface area contributed by atoms with Gasteiger partial charge in [-0.05, 0) is 26.3 Å². The number of hydrogen-bond acceptors (Lipinski definition) is 1.